The molecule has 4 heterocycles. The largest absolute Gasteiger partial charge is 0.508 e. The molecule has 0 unspecified atom stereocenters. The number of primary amides is 1. The number of alkyl halides is 6. The van der Waals surface area contributed by atoms with Crippen LogP contribution >= 0.6 is 11.6 Å². The van der Waals surface area contributed by atoms with Gasteiger partial charge in [-0.2, -0.15) is 26.3 Å². The van der Waals surface area contributed by atoms with Crippen LogP contribution in [-0.2, 0) is 19.8 Å². The van der Waals surface area contributed by atoms with Crippen molar-refractivity contribution >= 4 is 63.0 Å². The molecule has 23 heteroatoms. The van der Waals surface area contributed by atoms with Crippen molar-refractivity contribution in [1.82, 2.24) is 24.5 Å². The van der Waals surface area contributed by atoms with Crippen LogP contribution in [0.4, 0.5) is 42.6 Å². The Balaban J connectivity index is 0.000000380. The summed E-state index contributed by atoms with van der Waals surface area (Å²) in [4.78, 5) is 50.7. The average Bonchev–Trinajstić information content (AvgIpc) is 3.48. The molecule has 2 fully saturated rings. The molecular formula is C34H31ClF7N9O6. The summed E-state index contributed by atoms with van der Waals surface area (Å²) >= 11 is 6.83. The molecule has 304 valence electrons. The minimum atomic E-state index is -5.08. The number of halogens is 8. The fourth-order valence-electron chi connectivity index (χ4n) is 6.10. The number of hydrogen-bond acceptors (Lipinski definition) is 11. The number of carbonyl (C=O) groups is 3. The van der Waals surface area contributed by atoms with Gasteiger partial charge in [0.1, 0.15) is 16.7 Å². The highest BCUT2D eigenvalue weighted by atomic mass is 35.5. The summed E-state index contributed by atoms with van der Waals surface area (Å²) in [6, 6.07) is 12.3. The van der Waals surface area contributed by atoms with Crippen LogP contribution in [-0.4, -0.2) is 116 Å². The third kappa shape index (κ3) is 8.36. The molecule has 5 aromatic rings. The molecule has 0 aliphatic carbocycles. The smallest absolute Gasteiger partial charge is 0.490 e. The lowest BCUT2D eigenvalue weighted by molar-refractivity contribution is -0.193. The molecule has 15 nitrogen and oxygen atoms in total. The highest BCUT2D eigenvalue weighted by molar-refractivity contribution is 6.35. The number of nitrogen functional groups attached to an aromatic ring is 1. The first kappa shape index (κ1) is 42.0. The zero-order valence-corrected chi connectivity index (χ0v) is 30.2. The minimum absolute atomic E-state index is 0.0135. The van der Waals surface area contributed by atoms with Crippen LogP contribution in [0.1, 0.15) is 5.69 Å². The van der Waals surface area contributed by atoms with E-state index in [-0.39, 0.29) is 41.0 Å². The monoisotopic (exact) mass is 829 g/mol. The number of likely N-dealkylation sites (N-methyl/N-ethyl adjacent to an activating group) is 1. The Morgan fingerprint density at radius 1 is 0.930 bits per heavy atom. The molecule has 7 N–H and O–H groups in total. The standard InChI is InChI=1S/C30H29ClFN9O2.2C2HF3O2/c1-38(2)17-12-39(13-17)28-36-25-21(26(37-28)30(27(33)43)14-40(15-30)29-35-7-8-41(29)34)11-22(31)23(24(25)32)20-10-18(42)9-16-5-3-4-6-19(16)20;2*3-2(4,5)1(6)7/h3-11,17,42H,12-15,34H2,1-2H3,(H2,33,43);2*(H,6,7). The summed E-state index contributed by atoms with van der Waals surface area (Å²) in [7, 11) is 3.99. The summed E-state index contributed by atoms with van der Waals surface area (Å²) in [5.41, 5.74) is 5.62. The molecular weight excluding hydrogens is 799 g/mol. The van der Waals surface area contributed by atoms with Crippen LogP contribution in [0.15, 0.2) is 54.9 Å². The predicted molar refractivity (Wildman–Crippen MR) is 192 cm³/mol. The van der Waals surface area contributed by atoms with E-state index >= 15 is 4.39 Å². The third-order valence-electron chi connectivity index (χ3n) is 9.13. The number of aromatic nitrogens is 4. The van der Waals surface area contributed by atoms with E-state index in [1.54, 1.807) is 24.5 Å². The number of amides is 1. The Labute approximate surface area is 321 Å². The van der Waals surface area contributed by atoms with E-state index in [0.29, 0.717) is 47.0 Å². The first-order valence-corrected chi connectivity index (χ1v) is 16.6. The molecule has 0 atom stereocenters. The minimum Gasteiger partial charge on any atom is -0.508 e. The molecule has 3 aromatic carbocycles. The van der Waals surface area contributed by atoms with Crippen LogP contribution in [0.25, 0.3) is 32.8 Å². The Bertz CT molecular complexity index is 2340. The number of nitrogens with two attached hydrogens (primary N) is 2. The van der Waals surface area contributed by atoms with Gasteiger partial charge < -0.3 is 41.6 Å². The van der Waals surface area contributed by atoms with Gasteiger partial charge in [-0.05, 0) is 48.6 Å². The number of imidazole rings is 1. The Kier molecular flexibility index (Phi) is 11.4. The fourth-order valence-corrected chi connectivity index (χ4v) is 6.40. The number of aliphatic carboxylic acids is 2. The molecule has 2 saturated heterocycles. The van der Waals surface area contributed by atoms with Gasteiger partial charge >= 0.3 is 24.3 Å². The molecule has 2 aromatic heterocycles. The second-order valence-corrected chi connectivity index (χ2v) is 13.5. The number of benzene rings is 3. The van der Waals surface area contributed by atoms with Crippen molar-refractivity contribution in [3.05, 3.63) is 71.4 Å². The lowest BCUT2D eigenvalue weighted by atomic mass is 9.74. The first-order valence-electron chi connectivity index (χ1n) is 16.2. The molecule has 7 rings (SSSR count). The van der Waals surface area contributed by atoms with Crippen molar-refractivity contribution in [2.24, 2.45) is 5.73 Å². The molecule has 1 amide bonds. The maximum atomic E-state index is 16.9. The van der Waals surface area contributed by atoms with E-state index < -0.39 is 41.4 Å². The van der Waals surface area contributed by atoms with Crippen molar-refractivity contribution in [3.63, 3.8) is 0 Å². The van der Waals surface area contributed by atoms with Gasteiger partial charge in [-0.1, -0.05) is 35.9 Å². The van der Waals surface area contributed by atoms with Crippen molar-refractivity contribution in [1.29, 1.82) is 0 Å². The van der Waals surface area contributed by atoms with E-state index in [0.717, 1.165) is 5.39 Å². The zero-order valence-electron chi connectivity index (χ0n) is 29.5. The normalized spacial score (nSPS) is 15.3. The van der Waals surface area contributed by atoms with Gasteiger partial charge in [0, 0.05) is 55.6 Å². The van der Waals surface area contributed by atoms with Gasteiger partial charge in [-0.15, -0.1) is 0 Å². The molecule has 57 heavy (non-hydrogen) atoms. The van der Waals surface area contributed by atoms with E-state index in [4.69, 9.17) is 52.9 Å². The van der Waals surface area contributed by atoms with Crippen molar-refractivity contribution in [3.8, 4) is 16.9 Å². The molecule has 0 bridgehead atoms. The number of aromatic hydroxyl groups is 1. The summed E-state index contributed by atoms with van der Waals surface area (Å²) in [6.45, 7) is 1.55. The first-order chi connectivity index (χ1) is 26.5. The van der Waals surface area contributed by atoms with E-state index in [1.165, 1.54) is 10.7 Å². The number of rotatable bonds is 6. The number of carboxylic acids is 2. The average molecular weight is 830 g/mol. The van der Waals surface area contributed by atoms with E-state index in [9.17, 15) is 36.2 Å². The zero-order chi connectivity index (χ0) is 42.4. The van der Waals surface area contributed by atoms with E-state index in [1.807, 2.05) is 48.2 Å². The molecule has 0 spiro atoms. The van der Waals surface area contributed by atoms with Gasteiger partial charge in [-0.25, -0.2) is 33.6 Å². The van der Waals surface area contributed by atoms with Crippen LogP contribution < -0.4 is 21.4 Å². The quantitative estimate of drug-likeness (QED) is 0.120. The lowest BCUT2D eigenvalue weighted by Crippen LogP contribution is -2.67. The van der Waals surface area contributed by atoms with Crippen LogP contribution in [0, 0.1) is 5.82 Å². The molecule has 0 saturated carbocycles. The number of phenolic OH excluding ortho intramolecular Hbond substituents is 1. The highest BCUT2D eigenvalue weighted by Gasteiger charge is 2.53. The summed E-state index contributed by atoms with van der Waals surface area (Å²) in [5, 5.41) is 26.6. The third-order valence-corrected chi connectivity index (χ3v) is 9.42. The van der Waals surface area contributed by atoms with Gasteiger partial charge in [0.05, 0.1) is 10.7 Å². The predicted octanol–water partition coefficient (Wildman–Crippen LogP) is 4.12. The number of phenols is 1. The van der Waals surface area contributed by atoms with Crippen molar-refractivity contribution in [2.75, 3.05) is 55.9 Å². The Hall–Kier alpha value is -6.16. The number of carbonyl (C=O) groups excluding carboxylic acids is 1. The van der Waals surface area contributed by atoms with E-state index in [2.05, 4.69) is 9.88 Å². The maximum absolute atomic E-state index is 16.9. The summed E-state index contributed by atoms with van der Waals surface area (Å²) < 4.78 is 81.7. The fraction of sp³-hybridized carbons (Fsp3) is 0.294. The Morgan fingerprint density at radius 3 is 2.02 bits per heavy atom. The van der Waals surface area contributed by atoms with Gasteiger partial charge in [0.25, 0.3) is 0 Å². The van der Waals surface area contributed by atoms with Crippen molar-refractivity contribution in [2.45, 2.75) is 23.8 Å². The van der Waals surface area contributed by atoms with Gasteiger partial charge in [0.2, 0.25) is 17.8 Å². The summed E-state index contributed by atoms with van der Waals surface area (Å²) in [5.74, 6) is -0.0546. The van der Waals surface area contributed by atoms with Crippen LogP contribution in [0.2, 0.25) is 5.02 Å². The SMILES string of the molecule is CN(C)C1CN(c2nc(C3(C(N)=O)CN(c4nccn4N)C3)c3cc(Cl)c(-c4cc(O)cc5ccccc45)c(F)c3n2)C1.O=C(O)C(F)(F)F.O=C(O)C(F)(F)F. The lowest BCUT2D eigenvalue weighted by Gasteiger charge is -2.48. The van der Waals surface area contributed by atoms with Crippen LogP contribution in [0.5, 0.6) is 5.75 Å². The van der Waals surface area contributed by atoms with Crippen molar-refractivity contribution < 1.29 is 60.4 Å². The molecule has 0 radical (unpaired) electrons. The van der Waals surface area contributed by atoms with Crippen LogP contribution in [0.3, 0.4) is 0 Å². The Morgan fingerprint density at radius 2 is 1.51 bits per heavy atom. The number of anilines is 2. The number of hydrogen-bond donors (Lipinski definition) is 5. The van der Waals surface area contributed by atoms with Gasteiger partial charge in [0.15, 0.2) is 5.82 Å². The number of fused-ring (bicyclic) bond motifs is 2. The second kappa shape index (κ2) is 15.4. The molecule has 2 aliphatic rings. The van der Waals surface area contributed by atoms with Gasteiger partial charge in [-0.3, -0.25) is 4.79 Å². The molecule has 2 aliphatic heterocycles. The topological polar surface area (TPSA) is 217 Å². The second-order valence-electron chi connectivity index (χ2n) is 13.1. The number of carboxylic acid groups (broad SMARTS) is 2. The maximum Gasteiger partial charge on any atom is 0.490 e. The number of nitrogens with zero attached hydrogens (tertiary/aromatic N) is 7. The summed E-state index contributed by atoms with van der Waals surface area (Å²) in [6.07, 6.45) is -7.00. The highest BCUT2D eigenvalue weighted by Crippen LogP contribution is 2.45.